The Kier molecular flexibility index (Phi) is 10.2. The maximum Gasteiger partial charge on any atom is 0.410 e. The Bertz CT molecular complexity index is 1950. The van der Waals surface area contributed by atoms with Gasteiger partial charge in [-0.1, -0.05) is 85.6 Å². The molecule has 11 nitrogen and oxygen atoms in total. The summed E-state index contributed by atoms with van der Waals surface area (Å²) in [5.74, 6) is 0.498. The molecule has 7 rings (SSSR count). The number of carbonyl (C=O) groups is 2. The van der Waals surface area contributed by atoms with Gasteiger partial charge in [0.25, 0.3) is 5.91 Å². The normalized spacial score (nSPS) is 21.0. The minimum Gasteiger partial charge on any atom is -0.444 e. The van der Waals surface area contributed by atoms with Gasteiger partial charge in [-0.2, -0.15) is 0 Å². The summed E-state index contributed by atoms with van der Waals surface area (Å²) in [5.41, 5.74) is 2.89. The Morgan fingerprint density at radius 1 is 0.962 bits per heavy atom. The van der Waals surface area contributed by atoms with Crippen molar-refractivity contribution in [1.29, 1.82) is 0 Å². The van der Waals surface area contributed by atoms with E-state index < -0.39 is 11.2 Å². The molecule has 1 saturated carbocycles. The van der Waals surface area contributed by atoms with Crippen LogP contribution in [0.15, 0.2) is 91.3 Å². The number of carbonyl (C=O) groups excluding carboxylic acids is 2. The third-order valence-corrected chi connectivity index (χ3v) is 10.1. The minimum atomic E-state index is -1.19. The van der Waals surface area contributed by atoms with Crippen LogP contribution >= 0.6 is 0 Å². The minimum absolute atomic E-state index is 0.107. The number of hydrogen-bond donors (Lipinski definition) is 2. The van der Waals surface area contributed by atoms with Crippen molar-refractivity contribution in [3.05, 3.63) is 108 Å². The van der Waals surface area contributed by atoms with Crippen molar-refractivity contribution in [2.24, 2.45) is 0 Å². The van der Waals surface area contributed by atoms with Gasteiger partial charge in [0.05, 0.1) is 41.7 Å². The maximum absolute atomic E-state index is 14.8. The standard InChI is InChI=1S/C41H48N6O5/c1-40(2,3)52-39(49)45-22-23-46(31(25-45)24-29-14-6-4-7-15-29)38(48)36-37(30-16-8-5-9-17-30)47(28-42-36)34-20-12-13-21-41(34,50)27-51-26-35-43-32-18-10-11-19-33(32)44-35/h4-11,14-19,28,31,34,50H,12-13,20-27H2,1-3H3,(H,43,44)/t31-,34+,41?/m1/s1. The molecule has 2 aromatic heterocycles. The third-order valence-electron chi connectivity index (χ3n) is 10.1. The zero-order valence-electron chi connectivity index (χ0n) is 30.2. The van der Waals surface area contributed by atoms with E-state index >= 15 is 0 Å². The number of para-hydroxylation sites is 2. The zero-order chi connectivity index (χ0) is 36.3. The average molecular weight is 705 g/mol. The van der Waals surface area contributed by atoms with Crippen molar-refractivity contribution in [3.63, 3.8) is 0 Å². The first-order valence-corrected chi connectivity index (χ1v) is 18.3. The van der Waals surface area contributed by atoms with Crippen LogP contribution in [-0.2, 0) is 22.5 Å². The third kappa shape index (κ3) is 7.75. The number of fused-ring (bicyclic) bond motifs is 1. The summed E-state index contributed by atoms with van der Waals surface area (Å²) in [4.78, 5) is 44.2. The molecule has 272 valence electrons. The first-order valence-electron chi connectivity index (χ1n) is 18.3. The Hall–Kier alpha value is -5.00. The van der Waals surface area contributed by atoms with Crippen molar-refractivity contribution in [1.82, 2.24) is 29.3 Å². The number of nitrogens with one attached hydrogen (secondary N) is 1. The molecule has 2 amide bonds. The molecule has 0 spiro atoms. The molecule has 3 atom stereocenters. The fraction of sp³-hybridized carbons (Fsp3) is 0.415. The van der Waals surface area contributed by atoms with Crippen LogP contribution in [0, 0.1) is 0 Å². The monoisotopic (exact) mass is 704 g/mol. The van der Waals surface area contributed by atoms with Gasteiger partial charge in [-0.3, -0.25) is 4.79 Å². The van der Waals surface area contributed by atoms with Crippen molar-refractivity contribution in [3.8, 4) is 11.3 Å². The van der Waals surface area contributed by atoms with E-state index in [1.165, 1.54) is 0 Å². The molecule has 0 bridgehead atoms. The lowest BCUT2D eigenvalue weighted by molar-refractivity contribution is -0.103. The molecule has 2 N–H and O–H groups in total. The van der Waals surface area contributed by atoms with Crippen LogP contribution in [0.1, 0.15) is 74.4 Å². The highest BCUT2D eigenvalue weighted by atomic mass is 16.6. The summed E-state index contributed by atoms with van der Waals surface area (Å²) < 4.78 is 13.9. The molecule has 1 aliphatic carbocycles. The van der Waals surface area contributed by atoms with Crippen LogP contribution in [0.2, 0.25) is 0 Å². The van der Waals surface area contributed by atoms with E-state index in [9.17, 15) is 14.7 Å². The number of H-pyrrole nitrogens is 1. The van der Waals surface area contributed by atoms with Crippen LogP contribution < -0.4 is 0 Å². The maximum atomic E-state index is 14.8. The van der Waals surface area contributed by atoms with Gasteiger partial charge in [0.15, 0.2) is 5.69 Å². The number of aliphatic hydroxyl groups is 1. The second kappa shape index (κ2) is 14.9. The number of aromatic amines is 1. The fourth-order valence-corrected chi connectivity index (χ4v) is 7.62. The summed E-state index contributed by atoms with van der Waals surface area (Å²) in [6, 6.07) is 27.0. The zero-order valence-corrected chi connectivity index (χ0v) is 30.2. The quantitative estimate of drug-likeness (QED) is 0.173. The van der Waals surface area contributed by atoms with Crippen LogP contribution in [0.5, 0.6) is 0 Å². The van der Waals surface area contributed by atoms with E-state index in [2.05, 4.69) is 9.97 Å². The summed E-state index contributed by atoms with van der Waals surface area (Å²) in [6.07, 6.45) is 4.95. The van der Waals surface area contributed by atoms with Gasteiger partial charge in [-0.05, 0) is 57.7 Å². The van der Waals surface area contributed by atoms with E-state index in [4.69, 9.17) is 14.5 Å². The molecule has 11 heteroatoms. The number of hydrogen-bond acceptors (Lipinski definition) is 7. The van der Waals surface area contributed by atoms with Crippen molar-refractivity contribution >= 4 is 23.0 Å². The number of piperazine rings is 1. The van der Waals surface area contributed by atoms with Crippen LogP contribution in [-0.4, -0.2) is 89.9 Å². The molecule has 2 fully saturated rings. The van der Waals surface area contributed by atoms with E-state index in [0.29, 0.717) is 56.1 Å². The molecule has 1 saturated heterocycles. The highest BCUT2D eigenvalue weighted by Crippen LogP contribution is 2.41. The molecule has 52 heavy (non-hydrogen) atoms. The number of rotatable bonds is 9. The number of imidazole rings is 2. The summed E-state index contributed by atoms with van der Waals surface area (Å²) in [6.45, 7) is 6.92. The largest absolute Gasteiger partial charge is 0.444 e. The van der Waals surface area contributed by atoms with Crippen molar-refractivity contribution in [2.75, 3.05) is 26.2 Å². The summed E-state index contributed by atoms with van der Waals surface area (Å²) in [5, 5.41) is 12.3. The highest BCUT2D eigenvalue weighted by Gasteiger charge is 2.43. The molecule has 1 aliphatic heterocycles. The lowest BCUT2D eigenvalue weighted by Gasteiger charge is -2.42. The Morgan fingerprint density at radius 2 is 1.69 bits per heavy atom. The molecule has 5 aromatic rings. The topological polar surface area (TPSA) is 126 Å². The number of nitrogens with zero attached hydrogens (tertiary/aromatic N) is 5. The Labute approximate surface area is 304 Å². The Morgan fingerprint density at radius 3 is 2.44 bits per heavy atom. The van der Waals surface area contributed by atoms with Crippen molar-refractivity contribution < 1.29 is 24.2 Å². The van der Waals surface area contributed by atoms with E-state index in [-0.39, 0.29) is 37.3 Å². The molecular formula is C41H48N6O5. The molecule has 3 aromatic carbocycles. The average Bonchev–Trinajstić information content (AvgIpc) is 3.76. The van der Waals surface area contributed by atoms with Gasteiger partial charge in [0, 0.05) is 25.2 Å². The predicted molar refractivity (Wildman–Crippen MR) is 199 cm³/mol. The van der Waals surface area contributed by atoms with Gasteiger partial charge in [0.2, 0.25) is 0 Å². The number of benzene rings is 3. The number of amides is 2. The van der Waals surface area contributed by atoms with Crippen LogP contribution in [0.25, 0.3) is 22.3 Å². The SMILES string of the molecule is CC(C)(C)OC(=O)N1CCN(C(=O)c2ncn([C@H]3CCCCC3(O)COCc3nc4ccccc4[nH]3)c2-c2ccccc2)[C@H](Cc2ccccc2)C1. The lowest BCUT2D eigenvalue weighted by Crippen LogP contribution is -2.58. The first-order chi connectivity index (χ1) is 25.1. The molecule has 0 radical (unpaired) electrons. The van der Waals surface area contributed by atoms with Crippen LogP contribution in [0.3, 0.4) is 0 Å². The van der Waals surface area contributed by atoms with Gasteiger partial charge < -0.3 is 33.9 Å². The number of aromatic nitrogens is 4. The van der Waals surface area contributed by atoms with Crippen molar-refractivity contribution in [2.45, 2.75) is 82.8 Å². The number of ether oxygens (including phenoxy) is 2. The van der Waals surface area contributed by atoms with E-state index in [1.54, 1.807) is 11.2 Å². The van der Waals surface area contributed by atoms with Gasteiger partial charge >= 0.3 is 6.09 Å². The second-order valence-corrected chi connectivity index (χ2v) is 15.0. The lowest BCUT2D eigenvalue weighted by atomic mass is 9.80. The smallest absolute Gasteiger partial charge is 0.410 e. The Balaban J connectivity index is 1.18. The summed E-state index contributed by atoms with van der Waals surface area (Å²) >= 11 is 0. The molecular weight excluding hydrogens is 656 g/mol. The molecule has 2 aliphatic rings. The van der Waals surface area contributed by atoms with E-state index in [0.717, 1.165) is 35.0 Å². The van der Waals surface area contributed by atoms with Gasteiger partial charge in [-0.25, -0.2) is 14.8 Å². The van der Waals surface area contributed by atoms with Crippen LogP contribution in [0.4, 0.5) is 4.79 Å². The molecule has 1 unspecified atom stereocenters. The predicted octanol–water partition coefficient (Wildman–Crippen LogP) is 6.79. The highest BCUT2D eigenvalue weighted by molar-refractivity contribution is 5.98. The van der Waals surface area contributed by atoms with E-state index in [1.807, 2.05) is 115 Å². The molecule has 3 heterocycles. The summed E-state index contributed by atoms with van der Waals surface area (Å²) in [7, 11) is 0. The first kappa shape index (κ1) is 35.4. The second-order valence-electron chi connectivity index (χ2n) is 15.0. The van der Waals surface area contributed by atoms with Gasteiger partial charge in [-0.15, -0.1) is 0 Å². The van der Waals surface area contributed by atoms with Gasteiger partial charge in [0.1, 0.15) is 23.6 Å². The fourth-order valence-electron chi connectivity index (χ4n) is 7.62.